The van der Waals surface area contributed by atoms with Gasteiger partial charge in [-0.3, -0.25) is 0 Å². The quantitative estimate of drug-likeness (QED) is 0.728. The van der Waals surface area contributed by atoms with Crippen LogP contribution in [0.15, 0.2) is 54.7 Å². The van der Waals surface area contributed by atoms with Gasteiger partial charge < -0.3 is 10.1 Å². The van der Waals surface area contributed by atoms with Crippen molar-refractivity contribution in [1.82, 2.24) is 9.97 Å². The van der Waals surface area contributed by atoms with E-state index < -0.39 is 5.82 Å². The van der Waals surface area contributed by atoms with Crippen molar-refractivity contribution in [3.63, 3.8) is 0 Å². The topological polar surface area (TPSA) is 47.0 Å². The molecule has 0 atom stereocenters. The second-order valence-corrected chi connectivity index (χ2v) is 5.60. The molecule has 6 heteroatoms. The van der Waals surface area contributed by atoms with Gasteiger partial charge >= 0.3 is 6.01 Å². The van der Waals surface area contributed by atoms with Crippen LogP contribution in [0.4, 0.5) is 14.6 Å². The van der Waals surface area contributed by atoms with Crippen LogP contribution < -0.4 is 10.1 Å². The van der Waals surface area contributed by atoms with Crippen molar-refractivity contribution >= 4 is 5.82 Å². The molecular weight excluding hydrogens is 324 g/mol. The maximum Gasteiger partial charge on any atom is 0.318 e. The molecule has 0 aliphatic carbocycles. The molecule has 0 aliphatic rings. The van der Waals surface area contributed by atoms with Crippen molar-refractivity contribution in [1.29, 1.82) is 0 Å². The third kappa shape index (κ3) is 4.73. The summed E-state index contributed by atoms with van der Waals surface area (Å²) in [5.41, 5.74) is 2.94. The molecule has 0 saturated carbocycles. The van der Waals surface area contributed by atoms with E-state index in [0.717, 1.165) is 22.9 Å². The molecule has 3 aromatic rings. The number of ether oxygens (including phenoxy) is 1. The zero-order chi connectivity index (χ0) is 17.6. The van der Waals surface area contributed by atoms with E-state index in [9.17, 15) is 8.78 Å². The molecule has 128 valence electrons. The van der Waals surface area contributed by atoms with Crippen LogP contribution in [0.3, 0.4) is 0 Å². The number of anilines is 1. The summed E-state index contributed by atoms with van der Waals surface area (Å²) in [7, 11) is 0. The number of aryl methyl sites for hydroxylation is 1. The highest BCUT2D eigenvalue weighted by molar-refractivity contribution is 5.37. The van der Waals surface area contributed by atoms with Crippen LogP contribution in [-0.4, -0.2) is 9.97 Å². The first-order valence-corrected chi connectivity index (χ1v) is 7.79. The predicted molar refractivity (Wildman–Crippen MR) is 91.2 cm³/mol. The Morgan fingerprint density at radius 2 is 1.64 bits per heavy atom. The maximum atomic E-state index is 13.9. The van der Waals surface area contributed by atoms with Gasteiger partial charge in [-0.05, 0) is 30.2 Å². The summed E-state index contributed by atoms with van der Waals surface area (Å²) in [6.07, 6.45) is 1.06. The first-order valence-electron chi connectivity index (χ1n) is 7.79. The molecule has 0 radical (unpaired) electrons. The van der Waals surface area contributed by atoms with Gasteiger partial charge in [-0.1, -0.05) is 42.0 Å². The largest absolute Gasteiger partial charge is 0.459 e. The van der Waals surface area contributed by atoms with Gasteiger partial charge in [0.25, 0.3) is 0 Å². The fraction of sp³-hybridized carbons (Fsp3) is 0.158. The highest BCUT2D eigenvalue weighted by atomic mass is 19.1. The number of hydrogen-bond acceptors (Lipinski definition) is 4. The summed E-state index contributed by atoms with van der Waals surface area (Å²) >= 11 is 0. The fourth-order valence-electron chi connectivity index (χ4n) is 2.16. The summed E-state index contributed by atoms with van der Waals surface area (Å²) in [6, 6.07) is 13.9. The second-order valence-electron chi connectivity index (χ2n) is 5.60. The summed E-state index contributed by atoms with van der Waals surface area (Å²) in [4.78, 5) is 7.86. The monoisotopic (exact) mass is 341 g/mol. The molecule has 2 aromatic carbocycles. The highest BCUT2D eigenvalue weighted by Crippen LogP contribution is 2.16. The molecule has 0 unspecified atom stereocenters. The van der Waals surface area contributed by atoms with Crippen molar-refractivity contribution in [2.45, 2.75) is 20.1 Å². The summed E-state index contributed by atoms with van der Waals surface area (Å²) in [5.74, 6) is -0.796. The van der Waals surface area contributed by atoms with Crippen LogP contribution in [-0.2, 0) is 13.2 Å². The van der Waals surface area contributed by atoms with E-state index in [1.54, 1.807) is 12.1 Å². The Morgan fingerprint density at radius 3 is 2.36 bits per heavy atom. The molecule has 0 saturated heterocycles. The number of nitrogens with zero attached hydrogens (tertiary/aromatic N) is 2. The average Bonchev–Trinajstić information content (AvgIpc) is 2.62. The van der Waals surface area contributed by atoms with E-state index in [-0.39, 0.29) is 24.3 Å². The van der Waals surface area contributed by atoms with Gasteiger partial charge in [-0.25, -0.2) is 13.8 Å². The number of rotatable bonds is 6. The first kappa shape index (κ1) is 16.8. The number of aromatic nitrogens is 2. The molecule has 0 amide bonds. The van der Waals surface area contributed by atoms with Crippen molar-refractivity contribution in [2.24, 2.45) is 0 Å². The van der Waals surface area contributed by atoms with Gasteiger partial charge in [0.1, 0.15) is 12.4 Å². The fourth-order valence-corrected chi connectivity index (χ4v) is 2.16. The Morgan fingerprint density at radius 1 is 0.960 bits per heavy atom. The van der Waals surface area contributed by atoms with Crippen LogP contribution in [0.25, 0.3) is 0 Å². The van der Waals surface area contributed by atoms with E-state index in [4.69, 9.17) is 4.74 Å². The number of benzene rings is 2. The SMILES string of the molecule is Cc1ccc(CNc2nc(OCc3ccc(F)cc3)ncc2F)cc1. The van der Waals surface area contributed by atoms with Crippen molar-refractivity contribution < 1.29 is 13.5 Å². The molecule has 4 nitrogen and oxygen atoms in total. The molecule has 0 spiro atoms. The summed E-state index contributed by atoms with van der Waals surface area (Å²) < 4.78 is 32.2. The van der Waals surface area contributed by atoms with E-state index in [0.29, 0.717) is 6.54 Å². The zero-order valence-corrected chi connectivity index (χ0v) is 13.7. The molecule has 0 fully saturated rings. The molecule has 1 N–H and O–H groups in total. The van der Waals surface area contributed by atoms with E-state index in [1.807, 2.05) is 31.2 Å². The van der Waals surface area contributed by atoms with Crippen LogP contribution in [0.1, 0.15) is 16.7 Å². The number of hydrogen-bond donors (Lipinski definition) is 1. The first-order chi connectivity index (χ1) is 12.1. The molecule has 0 aliphatic heterocycles. The molecule has 0 bridgehead atoms. The summed E-state index contributed by atoms with van der Waals surface area (Å²) in [6.45, 7) is 2.61. The Bertz CT molecular complexity index is 836. The Hall–Kier alpha value is -3.02. The van der Waals surface area contributed by atoms with Crippen LogP contribution in [0.2, 0.25) is 0 Å². The smallest absolute Gasteiger partial charge is 0.318 e. The van der Waals surface area contributed by atoms with Gasteiger partial charge in [0.2, 0.25) is 0 Å². The second kappa shape index (κ2) is 7.70. The minimum absolute atomic E-state index is 0.0529. The van der Waals surface area contributed by atoms with E-state index in [1.165, 1.54) is 12.1 Å². The lowest BCUT2D eigenvalue weighted by molar-refractivity contribution is 0.279. The van der Waals surface area contributed by atoms with Gasteiger partial charge in [-0.15, -0.1) is 0 Å². The highest BCUT2D eigenvalue weighted by Gasteiger charge is 2.08. The maximum absolute atomic E-state index is 13.9. The van der Waals surface area contributed by atoms with Gasteiger partial charge in [0.15, 0.2) is 11.6 Å². The average molecular weight is 341 g/mol. The molecule has 3 rings (SSSR count). The standard InChI is InChI=1S/C19H17F2N3O/c1-13-2-4-14(5-3-13)10-22-18-17(21)11-23-19(24-18)25-12-15-6-8-16(20)9-7-15/h2-9,11H,10,12H2,1H3,(H,22,23,24). The molecule has 1 heterocycles. The van der Waals surface area contributed by atoms with Gasteiger partial charge in [-0.2, -0.15) is 4.98 Å². The molecular formula is C19H17F2N3O. The number of halogens is 2. The van der Waals surface area contributed by atoms with Crippen molar-refractivity contribution in [3.8, 4) is 6.01 Å². The minimum Gasteiger partial charge on any atom is -0.459 e. The van der Waals surface area contributed by atoms with Gasteiger partial charge in [0.05, 0.1) is 6.20 Å². The Kier molecular flexibility index (Phi) is 5.18. The van der Waals surface area contributed by atoms with E-state index >= 15 is 0 Å². The van der Waals surface area contributed by atoms with Crippen molar-refractivity contribution in [3.05, 3.63) is 83.1 Å². The van der Waals surface area contributed by atoms with Crippen LogP contribution in [0.5, 0.6) is 6.01 Å². The Balaban J connectivity index is 1.63. The predicted octanol–water partition coefficient (Wildman–Crippen LogP) is 4.25. The summed E-state index contributed by atoms with van der Waals surface area (Å²) in [5, 5.41) is 2.94. The zero-order valence-electron chi connectivity index (χ0n) is 13.7. The molecule has 1 aromatic heterocycles. The number of nitrogens with one attached hydrogen (secondary N) is 1. The lowest BCUT2D eigenvalue weighted by atomic mass is 10.1. The van der Waals surface area contributed by atoms with Crippen LogP contribution in [0, 0.1) is 18.6 Å². The molecule has 25 heavy (non-hydrogen) atoms. The van der Waals surface area contributed by atoms with Gasteiger partial charge in [0, 0.05) is 6.54 Å². The third-order valence-electron chi connectivity index (χ3n) is 3.58. The van der Waals surface area contributed by atoms with E-state index in [2.05, 4.69) is 15.3 Å². The minimum atomic E-state index is -0.554. The lowest BCUT2D eigenvalue weighted by Gasteiger charge is -2.09. The van der Waals surface area contributed by atoms with Crippen LogP contribution >= 0.6 is 0 Å². The lowest BCUT2D eigenvalue weighted by Crippen LogP contribution is -2.07. The van der Waals surface area contributed by atoms with Crippen molar-refractivity contribution in [2.75, 3.05) is 5.32 Å². The normalized spacial score (nSPS) is 10.5. The third-order valence-corrected chi connectivity index (χ3v) is 3.58. The Labute approximate surface area is 144 Å².